The van der Waals surface area contributed by atoms with Crippen LogP contribution < -0.4 is 0 Å². The van der Waals surface area contributed by atoms with Crippen LogP contribution in [-0.2, 0) is 0 Å². The molecule has 0 spiro atoms. The van der Waals surface area contributed by atoms with Crippen LogP contribution in [0.3, 0.4) is 0 Å². The van der Waals surface area contributed by atoms with Crippen LogP contribution in [0.2, 0.25) is 0 Å². The first-order chi connectivity index (χ1) is 7.79. The smallest absolute Gasteiger partial charge is 0.0195 e. The van der Waals surface area contributed by atoms with Crippen molar-refractivity contribution in [1.82, 2.24) is 4.31 Å². The van der Waals surface area contributed by atoms with Gasteiger partial charge >= 0.3 is 0 Å². The molecular weight excluding hydrogens is 214 g/mol. The van der Waals surface area contributed by atoms with E-state index in [4.69, 9.17) is 0 Å². The van der Waals surface area contributed by atoms with E-state index >= 15 is 0 Å². The number of nitrogens with zero attached hydrogens (tertiary/aromatic N) is 1. The highest BCUT2D eigenvalue weighted by atomic mass is 32.2. The van der Waals surface area contributed by atoms with E-state index in [2.05, 4.69) is 30.1 Å². The van der Waals surface area contributed by atoms with Gasteiger partial charge in [0.1, 0.15) is 0 Å². The van der Waals surface area contributed by atoms with Crippen molar-refractivity contribution in [3.63, 3.8) is 0 Å². The molecule has 0 aromatic rings. The molecule has 94 valence electrons. The van der Waals surface area contributed by atoms with Gasteiger partial charge in [0, 0.05) is 17.8 Å². The van der Waals surface area contributed by atoms with Crippen molar-refractivity contribution >= 4 is 11.9 Å². The Labute approximate surface area is 105 Å². The second-order valence-electron chi connectivity index (χ2n) is 5.67. The molecule has 16 heavy (non-hydrogen) atoms. The van der Waals surface area contributed by atoms with E-state index in [1.54, 1.807) is 0 Å². The first-order valence-electron chi connectivity index (χ1n) is 7.23. The topological polar surface area (TPSA) is 3.24 Å². The Hall–Kier alpha value is 0.310. The summed E-state index contributed by atoms with van der Waals surface area (Å²) in [6.45, 7) is 6.12. The molecule has 2 aliphatic rings. The van der Waals surface area contributed by atoms with E-state index in [0.29, 0.717) is 0 Å². The normalized spacial score (nSPS) is 34.1. The summed E-state index contributed by atoms with van der Waals surface area (Å²) in [7, 11) is 0. The van der Waals surface area contributed by atoms with Gasteiger partial charge in [-0.1, -0.05) is 44.6 Å². The van der Waals surface area contributed by atoms with Crippen molar-refractivity contribution in [2.24, 2.45) is 5.92 Å². The van der Waals surface area contributed by atoms with E-state index in [0.717, 1.165) is 17.2 Å². The van der Waals surface area contributed by atoms with E-state index in [-0.39, 0.29) is 0 Å². The largest absolute Gasteiger partial charge is 0.247 e. The second kappa shape index (κ2) is 6.30. The maximum absolute atomic E-state index is 2.72. The molecule has 0 aromatic heterocycles. The highest BCUT2D eigenvalue weighted by molar-refractivity contribution is 7.97. The lowest BCUT2D eigenvalue weighted by Crippen LogP contribution is -2.38. The van der Waals surface area contributed by atoms with Gasteiger partial charge in [-0.2, -0.15) is 0 Å². The number of rotatable bonds is 3. The van der Waals surface area contributed by atoms with Gasteiger partial charge in [-0.05, 0) is 38.5 Å². The Balaban J connectivity index is 1.81. The maximum atomic E-state index is 2.72. The molecule has 1 aliphatic carbocycles. The van der Waals surface area contributed by atoms with Crippen molar-refractivity contribution < 1.29 is 0 Å². The minimum absolute atomic E-state index is 0.815. The first kappa shape index (κ1) is 12.8. The van der Waals surface area contributed by atoms with Crippen molar-refractivity contribution in [3.05, 3.63) is 0 Å². The number of hydrogen-bond acceptors (Lipinski definition) is 2. The molecule has 0 aromatic carbocycles. The third-order valence-corrected chi connectivity index (χ3v) is 5.89. The third kappa shape index (κ3) is 3.40. The monoisotopic (exact) mass is 241 g/mol. The molecule has 1 aliphatic heterocycles. The summed E-state index contributed by atoms with van der Waals surface area (Å²) >= 11 is 2.20. The number of hydrogen-bond donors (Lipinski definition) is 0. The van der Waals surface area contributed by atoms with Gasteiger partial charge in [0.2, 0.25) is 0 Å². The van der Waals surface area contributed by atoms with Crippen LogP contribution >= 0.6 is 11.9 Å². The molecule has 1 saturated carbocycles. The van der Waals surface area contributed by atoms with Crippen LogP contribution in [0.5, 0.6) is 0 Å². The fraction of sp³-hybridized carbons (Fsp3) is 1.00. The summed E-state index contributed by atoms with van der Waals surface area (Å²) in [5.74, 6) is 0.965. The molecule has 2 fully saturated rings. The fourth-order valence-electron chi connectivity index (χ4n) is 2.99. The predicted octanol–water partition coefficient (Wildman–Crippen LogP) is 4.48. The average Bonchev–Trinajstić information content (AvgIpc) is 2.33. The summed E-state index contributed by atoms with van der Waals surface area (Å²) in [6, 6.07) is 0.815. The van der Waals surface area contributed by atoms with E-state index in [9.17, 15) is 0 Å². The van der Waals surface area contributed by atoms with Crippen LogP contribution in [-0.4, -0.2) is 22.1 Å². The summed E-state index contributed by atoms with van der Waals surface area (Å²) in [6.07, 6.45) is 11.6. The second-order valence-corrected chi connectivity index (χ2v) is 7.01. The lowest BCUT2D eigenvalue weighted by molar-refractivity contribution is 0.217. The molecule has 0 N–H and O–H groups in total. The SMILES string of the molecule is CCC1CCC(C)N(SC2CCCCC2)C1. The van der Waals surface area contributed by atoms with E-state index < -0.39 is 0 Å². The molecule has 0 radical (unpaired) electrons. The third-order valence-electron chi connectivity index (χ3n) is 4.34. The van der Waals surface area contributed by atoms with Crippen molar-refractivity contribution in [3.8, 4) is 0 Å². The molecule has 2 rings (SSSR count). The van der Waals surface area contributed by atoms with Crippen LogP contribution in [0, 0.1) is 5.92 Å². The summed E-state index contributed by atoms with van der Waals surface area (Å²) in [5.41, 5.74) is 0. The van der Waals surface area contributed by atoms with Crippen molar-refractivity contribution in [2.45, 2.75) is 76.5 Å². The summed E-state index contributed by atoms with van der Waals surface area (Å²) in [4.78, 5) is 0. The first-order valence-corrected chi connectivity index (χ1v) is 8.06. The zero-order valence-electron chi connectivity index (χ0n) is 11.0. The Morgan fingerprint density at radius 3 is 2.50 bits per heavy atom. The molecule has 0 bridgehead atoms. The minimum atomic E-state index is 0.815. The van der Waals surface area contributed by atoms with Gasteiger partial charge in [-0.15, -0.1) is 0 Å². The zero-order chi connectivity index (χ0) is 11.4. The van der Waals surface area contributed by atoms with Gasteiger partial charge < -0.3 is 0 Å². The number of piperidine rings is 1. The van der Waals surface area contributed by atoms with Gasteiger partial charge in [0.25, 0.3) is 0 Å². The highest BCUT2D eigenvalue weighted by Gasteiger charge is 2.27. The molecule has 2 heteroatoms. The van der Waals surface area contributed by atoms with Gasteiger partial charge in [0.05, 0.1) is 0 Å². The molecule has 2 unspecified atom stereocenters. The molecule has 1 heterocycles. The van der Waals surface area contributed by atoms with E-state index in [1.807, 2.05) is 0 Å². The molecule has 0 amide bonds. The van der Waals surface area contributed by atoms with Gasteiger partial charge in [-0.25, -0.2) is 4.31 Å². The summed E-state index contributed by atoms with van der Waals surface area (Å²) < 4.78 is 2.72. The summed E-state index contributed by atoms with van der Waals surface area (Å²) in [5, 5.41) is 0.937. The van der Waals surface area contributed by atoms with Crippen molar-refractivity contribution in [2.75, 3.05) is 6.54 Å². The Morgan fingerprint density at radius 2 is 1.81 bits per heavy atom. The van der Waals surface area contributed by atoms with E-state index in [1.165, 1.54) is 57.9 Å². The lowest BCUT2D eigenvalue weighted by atomic mass is 9.93. The molecule has 1 nitrogen and oxygen atoms in total. The predicted molar refractivity (Wildman–Crippen MR) is 73.6 cm³/mol. The molecular formula is C14H27NS. The van der Waals surface area contributed by atoms with Crippen LogP contribution in [0.4, 0.5) is 0 Å². The minimum Gasteiger partial charge on any atom is -0.247 e. The highest BCUT2D eigenvalue weighted by Crippen LogP contribution is 2.36. The molecule has 1 saturated heterocycles. The Bertz CT molecular complexity index is 201. The Kier molecular flexibility index (Phi) is 5.02. The van der Waals surface area contributed by atoms with Crippen LogP contribution in [0.15, 0.2) is 0 Å². The maximum Gasteiger partial charge on any atom is 0.0195 e. The fourth-order valence-corrected chi connectivity index (χ4v) is 4.53. The quantitative estimate of drug-likeness (QED) is 0.670. The zero-order valence-corrected chi connectivity index (χ0v) is 11.8. The Morgan fingerprint density at radius 1 is 1.06 bits per heavy atom. The van der Waals surface area contributed by atoms with Gasteiger partial charge in [-0.3, -0.25) is 0 Å². The van der Waals surface area contributed by atoms with Gasteiger partial charge in [0.15, 0.2) is 0 Å². The standard InChI is InChI=1S/C14H27NS/c1-3-13-10-9-12(2)15(11-13)16-14-7-5-4-6-8-14/h12-14H,3-11H2,1-2H3. The van der Waals surface area contributed by atoms with Crippen LogP contribution in [0.1, 0.15) is 65.2 Å². The van der Waals surface area contributed by atoms with Crippen LogP contribution in [0.25, 0.3) is 0 Å². The molecule has 2 atom stereocenters. The lowest BCUT2D eigenvalue weighted by Gasteiger charge is -2.39. The van der Waals surface area contributed by atoms with Crippen molar-refractivity contribution in [1.29, 1.82) is 0 Å². The average molecular weight is 241 g/mol.